The maximum Gasteiger partial charge on any atom is 0.136 e. The molecule has 18 heavy (non-hydrogen) atoms. The molecule has 94 valence electrons. The van der Waals surface area contributed by atoms with Gasteiger partial charge in [-0.3, -0.25) is 0 Å². The maximum absolute atomic E-state index is 13.7. The Morgan fingerprint density at radius 2 is 1.61 bits per heavy atom. The second kappa shape index (κ2) is 5.23. The Balaban J connectivity index is 2.62. The molecular weight excluding hydrogens is 239 g/mol. The summed E-state index contributed by atoms with van der Waals surface area (Å²) < 4.78 is 40.3. The average molecular weight is 251 g/mol. The van der Waals surface area contributed by atoms with E-state index in [9.17, 15) is 13.2 Å². The van der Waals surface area contributed by atoms with Gasteiger partial charge in [0.05, 0.1) is 5.56 Å². The molecule has 0 spiro atoms. The highest BCUT2D eigenvalue weighted by Crippen LogP contribution is 2.29. The van der Waals surface area contributed by atoms with Gasteiger partial charge in [0.1, 0.15) is 17.5 Å². The molecule has 0 heterocycles. The van der Waals surface area contributed by atoms with Gasteiger partial charge in [0.15, 0.2) is 0 Å². The van der Waals surface area contributed by atoms with Gasteiger partial charge >= 0.3 is 0 Å². The molecule has 0 atom stereocenters. The zero-order valence-corrected chi connectivity index (χ0v) is 9.81. The van der Waals surface area contributed by atoms with Crippen LogP contribution in [0.25, 0.3) is 11.1 Å². The third-order valence-electron chi connectivity index (χ3n) is 2.66. The molecule has 2 rings (SSSR count). The number of rotatable bonds is 3. The largest absolute Gasteiger partial charge is 0.316 e. The topological polar surface area (TPSA) is 12.0 Å². The van der Waals surface area contributed by atoms with Gasteiger partial charge in [0, 0.05) is 18.7 Å². The molecule has 0 radical (unpaired) electrons. The minimum absolute atomic E-state index is 0.192. The Kier molecular flexibility index (Phi) is 3.67. The molecule has 0 saturated carbocycles. The fourth-order valence-electron chi connectivity index (χ4n) is 1.91. The molecule has 0 aliphatic rings. The first-order valence-electron chi connectivity index (χ1n) is 5.51. The van der Waals surface area contributed by atoms with E-state index in [-0.39, 0.29) is 5.56 Å². The third kappa shape index (κ3) is 2.38. The number of benzene rings is 2. The Labute approximate surface area is 103 Å². The van der Waals surface area contributed by atoms with Gasteiger partial charge in [-0.25, -0.2) is 13.2 Å². The van der Waals surface area contributed by atoms with Crippen LogP contribution in [0.1, 0.15) is 5.56 Å². The van der Waals surface area contributed by atoms with Crippen molar-refractivity contribution < 1.29 is 13.2 Å². The zero-order valence-electron chi connectivity index (χ0n) is 9.81. The number of halogens is 3. The molecule has 2 aromatic rings. The van der Waals surface area contributed by atoms with E-state index in [1.807, 2.05) is 0 Å². The van der Waals surface area contributed by atoms with Gasteiger partial charge < -0.3 is 5.32 Å². The van der Waals surface area contributed by atoms with Gasteiger partial charge in [-0.2, -0.15) is 0 Å². The van der Waals surface area contributed by atoms with Crippen molar-refractivity contribution in [3.05, 3.63) is 59.4 Å². The van der Waals surface area contributed by atoms with Crippen LogP contribution in [0.2, 0.25) is 0 Å². The summed E-state index contributed by atoms with van der Waals surface area (Å²) in [6.07, 6.45) is 0. The van der Waals surface area contributed by atoms with Gasteiger partial charge in [-0.15, -0.1) is 0 Å². The van der Waals surface area contributed by atoms with Crippen LogP contribution in [0.4, 0.5) is 13.2 Å². The minimum atomic E-state index is -0.917. The van der Waals surface area contributed by atoms with Crippen LogP contribution >= 0.6 is 0 Å². The van der Waals surface area contributed by atoms with Crippen molar-refractivity contribution >= 4 is 0 Å². The lowest BCUT2D eigenvalue weighted by Gasteiger charge is -2.11. The SMILES string of the molecule is CNCc1ccccc1-c1c(F)cc(F)cc1F. The molecule has 0 bridgehead atoms. The molecule has 0 amide bonds. The molecule has 0 unspecified atom stereocenters. The first-order chi connectivity index (χ1) is 8.63. The summed E-state index contributed by atoms with van der Waals surface area (Å²) in [5.74, 6) is -2.70. The number of nitrogens with one attached hydrogen (secondary N) is 1. The van der Waals surface area contributed by atoms with E-state index in [0.29, 0.717) is 24.2 Å². The Hall–Kier alpha value is -1.81. The van der Waals surface area contributed by atoms with E-state index < -0.39 is 17.5 Å². The predicted octanol–water partition coefficient (Wildman–Crippen LogP) is 3.49. The van der Waals surface area contributed by atoms with Crippen molar-refractivity contribution in [3.63, 3.8) is 0 Å². The van der Waals surface area contributed by atoms with E-state index in [1.54, 1.807) is 31.3 Å². The van der Waals surface area contributed by atoms with Crippen molar-refractivity contribution in [1.29, 1.82) is 0 Å². The van der Waals surface area contributed by atoms with Crippen LogP contribution in [-0.4, -0.2) is 7.05 Å². The summed E-state index contributed by atoms with van der Waals surface area (Å²) in [5.41, 5.74) is 0.994. The quantitative estimate of drug-likeness (QED) is 0.880. The maximum atomic E-state index is 13.7. The Morgan fingerprint density at radius 3 is 2.22 bits per heavy atom. The third-order valence-corrected chi connectivity index (χ3v) is 2.66. The zero-order chi connectivity index (χ0) is 13.1. The smallest absolute Gasteiger partial charge is 0.136 e. The summed E-state index contributed by atoms with van der Waals surface area (Å²) >= 11 is 0. The standard InChI is InChI=1S/C14H12F3N/c1-18-8-9-4-2-3-5-11(9)14-12(16)6-10(15)7-13(14)17/h2-7,18H,8H2,1H3. The van der Waals surface area contributed by atoms with Gasteiger partial charge in [0.25, 0.3) is 0 Å². The lowest BCUT2D eigenvalue weighted by Crippen LogP contribution is -2.07. The monoisotopic (exact) mass is 251 g/mol. The molecule has 0 aliphatic heterocycles. The Bertz CT molecular complexity index is 544. The molecule has 0 aromatic heterocycles. The van der Waals surface area contributed by atoms with E-state index in [1.165, 1.54) is 0 Å². The lowest BCUT2D eigenvalue weighted by molar-refractivity contribution is 0.547. The molecule has 1 nitrogen and oxygen atoms in total. The molecule has 2 aromatic carbocycles. The van der Waals surface area contributed by atoms with Crippen molar-refractivity contribution in [2.24, 2.45) is 0 Å². The van der Waals surface area contributed by atoms with E-state index in [4.69, 9.17) is 0 Å². The van der Waals surface area contributed by atoms with Crippen LogP contribution in [0.3, 0.4) is 0 Å². The first-order valence-corrected chi connectivity index (χ1v) is 5.51. The normalized spacial score (nSPS) is 10.7. The van der Waals surface area contributed by atoms with E-state index >= 15 is 0 Å². The van der Waals surface area contributed by atoms with Gasteiger partial charge in [-0.05, 0) is 18.2 Å². The Morgan fingerprint density at radius 1 is 1.00 bits per heavy atom. The van der Waals surface area contributed by atoms with Crippen molar-refractivity contribution in [3.8, 4) is 11.1 Å². The van der Waals surface area contributed by atoms with E-state index in [2.05, 4.69) is 5.32 Å². The fourth-order valence-corrected chi connectivity index (χ4v) is 1.91. The second-order valence-corrected chi connectivity index (χ2v) is 3.93. The average Bonchev–Trinajstić information content (AvgIpc) is 2.30. The fraction of sp³-hybridized carbons (Fsp3) is 0.143. The van der Waals surface area contributed by atoms with Gasteiger partial charge in [-0.1, -0.05) is 24.3 Å². The summed E-state index contributed by atoms with van der Waals surface area (Å²) in [6.45, 7) is 0.479. The van der Waals surface area contributed by atoms with Crippen molar-refractivity contribution in [1.82, 2.24) is 5.32 Å². The molecule has 4 heteroatoms. The summed E-state index contributed by atoms with van der Waals surface area (Å²) in [4.78, 5) is 0. The van der Waals surface area contributed by atoms with Crippen LogP contribution < -0.4 is 5.32 Å². The van der Waals surface area contributed by atoms with Crippen molar-refractivity contribution in [2.45, 2.75) is 6.54 Å². The van der Waals surface area contributed by atoms with Crippen LogP contribution in [0.5, 0.6) is 0 Å². The second-order valence-electron chi connectivity index (χ2n) is 3.93. The lowest BCUT2D eigenvalue weighted by atomic mass is 9.98. The first kappa shape index (κ1) is 12.6. The van der Waals surface area contributed by atoms with Crippen LogP contribution in [0, 0.1) is 17.5 Å². The number of hydrogen-bond donors (Lipinski definition) is 1. The van der Waals surface area contributed by atoms with Crippen LogP contribution in [-0.2, 0) is 6.54 Å². The molecule has 0 saturated heterocycles. The van der Waals surface area contributed by atoms with E-state index in [0.717, 1.165) is 5.56 Å². The summed E-state index contributed by atoms with van der Waals surface area (Å²) in [5, 5.41) is 2.93. The molecular formula is C14H12F3N. The van der Waals surface area contributed by atoms with Crippen molar-refractivity contribution in [2.75, 3.05) is 7.05 Å². The molecule has 0 fully saturated rings. The molecule has 0 aliphatic carbocycles. The highest BCUT2D eigenvalue weighted by atomic mass is 19.1. The minimum Gasteiger partial charge on any atom is -0.316 e. The highest BCUT2D eigenvalue weighted by Gasteiger charge is 2.15. The summed E-state index contributed by atoms with van der Waals surface area (Å²) in [7, 11) is 1.74. The van der Waals surface area contributed by atoms with Crippen LogP contribution in [0.15, 0.2) is 36.4 Å². The molecule has 1 N–H and O–H groups in total. The highest BCUT2D eigenvalue weighted by molar-refractivity contribution is 5.68. The predicted molar refractivity (Wildman–Crippen MR) is 64.5 cm³/mol. The number of hydrogen-bond acceptors (Lipinski definition) is 1. The van der Waals surface area contributed by atoms with Gasteiger partial charge in [0.2, 0.25) is 0 Å². The summed E-state index contributed by atoms with van der Waals surface area (Å²) in [6, 6.07) is 8.25.